The Morgan fingerprint density at radius 2 is 1.24 bits per heavy atom. The molecule has 3 aliphatic rings. The lowest BCUT2D eigenvalue weighted by Crippen LogP contribution is -3.00. The summed E-state index contributed by atoms with van der Waals surface area (Å²) in [6.45, 7) is 11.9. The van der Waals surface area contributed by atoms with Gasteiger partial charge < -0.3 is 26.6 Å². The van der Waals surface area contributed by atoms with Gasteiger partial charge in [0, 0.05) is 24.7 Å². The van der Waals surface area contributed by atoms with E-state index in [9.17, 15) is 5.11 Å². The van der Waals surface area contributed by atoms with Gasteiger partial charge in [-0.1, -0.05) is 65.7 Å². The molecule has 2 bridgehead atoms. The fraction of sp³-hybridized carbons (Fsp3) is 0.714. The molecule has 5 heterocycles. The number of halogens is 2. The maximum Gasteiger partial charge on any atom is 0.122 e. The van der Waals surface area contributed by atoms with E-state index in [-0.39, 0.29) is 39.4 Å². The fourth-order valence-electron chi connectivity index (χ4n) is 6.01. The second kappa shape index (κ2) is 15.5. The number of unbranched alkanes of at least 4 members (excludes halogenated alkanes) is 6. The summed E-state index contributed by atoms with van der Waals surface area (Å²) in [5, 5.41) is 20.6. The van der Waals surface area contributed by atoms with Crippen molar-refractivity contribution >= 4 is 39.7 Å². The summed E-state index contributed by atoms with van der Waals surface area (Å²) in [7, 11) is 0. The largest absolute Gasteiger partial charge is 1.00 e. The molecule has 0 amide bonds. The molecule has 34 heavy (non-hydrogen) atoms. The Labute approximate surface area is 238 Å². The third-order valence-electron chi connectivity index (χ3n) is 8.28. The van der Waals surface area contributed by atoms with Gasteiger partial charge in [0.15, 0.2) is 0 Å². The molecule has 3 aliphatic heterocycles. The van der Waals surface area contributed by atoms with Crippen molar-refractivity contribution in [3.8, 4) is 0 Å². The predicted octanol–water partition coefficient (Wildman–Crippen LogP) is 5.80. The lowest BCUT2D eigenvalue weighted by atomic mass is 9.57. The Bertz CT molecular complexity index is 699. The summed E-state index contributed by atoms with van der Waals surface area (Å²) in [6, 6.07) is 4.28. The normalized spacial score (nSPS) is 23.4. The van der Waals surface area contributed by atoms with Gasteiger partial charge in [0.2, 0.25) is 0 Å². The molecule has 5 rings (SSSR count). The molecular weight excluding hydrogens is 590 g/mol. The summed E-state index contributed by atoms with van der Waals surface area (Å²) in [4.78, 5) is 0. The summed E-state index contributed by atoms with van der Waals surface area (Å²) in [5.74, 6) is 0. The lowest BCUT2D eigenvalue weighted by Gasteiger charge is -2.59. The molecule has 1 N–H and O–H groups in total. The van der Waals surface area contributed by atoms with Crippen LogP contribution in [0.5, 0.6) is 0 Å². The lowest BCUT2D eigenvalue weighted by molar-refractivity contribution is -0.946. The van der Waals surface area contributed by atoms with Gasteiger partial charge in [0.25, 0.3) is 0 Å². The van der Waals surface area contributed by atoms with Crippen molar-refractivity contribution in [2.75, 3.05) is 26.2 Å². The van der Waals surface area contributed by atoms with Crippen LogP contribution in [0, 0.1) is 5.41 Å². The van der Waals surface area contributed by atoms with Crippen LogP contribution in [0.25, 0.3) is 0 Å². The van der Waals surface area contributed by atoms with Gasteiger partial charge >= 0.3 is 0 Å². The van der Waals surface area contributed by atoms with E-state index in [1.165, 1.54) is 82.0 Å². The fourth-order valence-corrected chi connectivity index (χ4v) is 7.41. The van der Waals surface area contributed by atoms with Crippen molar-refractivity contribution in [1.82, 2.24) is 0 Å². The Balaban J connectivity index is 0.000000505. The first kappa shape index (κ1) is 32.3. The van der Waals surface area contributed by atoms with Crippen molar-refractivity contribution in [3.05, 3.63) is 44.8 Å². The van der Waals surface area contributed by atoms with Gasteiger partial charge in [0.1, 0.15) is 5.60 Å². The number of quaternary nitrogens is 1. The Kier molecular flexibility index (Phi) is 14.7. The number of aliphatic hydroxyl groups is 1. The van der Waals surface area contributed by atoms with Crippen molar-refractivity contribution in [1.29, 1.82) is 0 Å². The van der Waals surface area contributed by atoms with Crippen molar-refractivity contribution in [3.63, 3.8) is 0 Å². The van der Waals surface area contributed by atoms with Crippen LogP contribution in [0.2, 0.25) is 0 Å². The van der Waals surface area contributed by atoms with Crippen LogP contribution in [-0.4, -0.2) is 35.8 Å². The minimum absolute atomic E-state index is 0. The highest BCUT2D eigenvalue weighted by Crippen LogP contribution is 2.58. The molecule has 0 spiro atoms. The van der Waals surface area contributed by atoms with Crippen LogP contribution >= 0.6 is 39.7 Å². The van der Waals surface area contributed by atoms with Crippen molar-refractivity contribution < 1.29 is 26.6 Å². The zero-order chi connectivity index (χ0) is 22.9. The minimum atomic E-state index is -0.811. The summed E-state index contributed by atoms with van der Waals surface area (Å²) < 4.78 is 1.30. The maximum absolute atomic E-state index is 12.1. The molecule has 2 aromatic rings. The number of fused-ring (bicyclic) bond motifs is 3. The molecule has 2 nitrogen and oxygen atoms in total. The number of hydrogen-bond acceptors (Lipinski definition) is 3. The SMILES string of the molecule is Br.CCCCCCCC.CCCC[N+]12CCC(C(O)(c3ccsc3)c3ccsc3)(CC1)CC2.[Br-]. The van der Waals surface area contributed by atoms with Gasteiger partial charge in [-0.3, -0.25) is 0 Å². The zero-order valence-electron chi connectivity index (χ0n) is 21.6. The Hall–Kier alpha value is 0.280. The number of rotatable bonds is 11. The molecule has 0 aliphatic carbocycles. The zero-order valence-corrected chi connectivity index (χ0v) is 26.5. The highest BCUT2D eigenvalue weighted by Gasteiger charge is 2.60. The molecule has 0 radical (unpaired) electrons. The quantitative estimate of drug-likeness (QED) is 0.244. The second-order valence-corrected chi connectivity index (χ2v) is 11.8. The van der Waals surface area contributed by atoms with E-state index in [1.54, 1.807) is 22.7 Å². The summed E-state index contributed by atoms with van der Waals surface area (Å²) in [5.41, 5.74) is 1.43. The Morgan fingerprint density at radius 1 is 0.794 bits per heavy atom. The molecule has 3 fully saturated rings. The molecule has 0 aromatic carbocycles. The first-order chi connectivity index (χ1) is 15.6. The van der Waals surface area contributed by atoms with Crippen molar-refractivity contribution in [2.24, 2.45) is 5.41 Å². The average molecular weight is 638 g/mol. The van der Waals surface area contributed by atoms with E-state index in [0.29, 0.717) is 0 Å². The van der Waals surface area contributed by atoms with Crippen LogP contribution in [0.4, 0.5) is 0 Å². The monoisotopic (exact) mass is 635 g/mol. The van der Waals surface area contributed by atoms with E-state index in [1.807, 2.05) is 0 Å². The van der Waals surface area contributed by atoms with E-state index < -0.39 is 5.60 Å². The Morgan fingerprint density at radius 3 is 1.59 bits per heavy atom. The number of piperidine rings is 3. The van der Waals surface area contributed by atoms with Gasteiger partial charge in [-0.15, -0.1) is 17.0 Å². The molecular formula is C28H47Br2NOS2. The van der Waals surface area contributed by atoms with Crippen molar-refractivity contribution in [2.45, 2.75) is 97.0 Å². The highest BCUT2D eigenvalue weighted by atomic mass is 79.9. The van der Waals surface area contributed by atoms with E-state index >= 15 is 0 Å². The topological polar surface area (TPSA) is 20.2 Å². The predicted molar refractivity (Wildman–Crippen MR) is 152 cm³/mol. The number of nitrogens with zero attached hydrogens (tertiary/aromatic N) is 1. The molecule has 0 saturated carbocycles. The first-order valence-corrected chi connectivity index (χ1v) is 15.1. The van der Waals surface area contributed by atoms with Crippen LogP contribution in [-0.2, 0) is 5.60 Å². The molecule has 2 aromatic heterocycles. The van der Waals surface area contributed by atoms with Gasteiger partial charge in [-0.05, 0) is 51.2 Å². The van der Waals surface area contributed by atoms with Crippen LogP contribution < -0.4 is 17.0 Å². The van der Waals surface area contributed by atoms with E-state index in [0.717, 1.165) is 30.4 Å². The van der Waals surface area contributed by atoms with E-state index in [2.05, 4.69) is 54.4 Å². The van der Waals surface area contributed by atoms with Crippen LogP contribution in [0.3, 0.4) is 0 Å². The molecule has 0 atom stereocenters. The molecule has 196 valence electrons. The molecule has 3 saturated heterocycles. The van der Waals surface area contributed by atoms with Crippen LogP contribution in [0.15, 0.2) is 33.7 Å². The third kappa shape index (κ3) is 7.19. The van der Waals surface area contributed by atoms with Gasteiger partial charge in [0.05, 0.1) is 26.2 Å². The minimum Gasteiger partial charge on any atom is -1.00 e. The highest BCUT2D eigenvalue weighted by molar-refractivity contribution is 8.93. The van der Waals surface area contributed by atoms with Gasteiger partial charge in [-0.2, -0.15) is 22.7 Å². The molecule has 6 heteroatoms. The first-order valence-electron chi connectivity index (χ1n) is 13.2. The van der Waals surface area contributed by atoms with Crippen LogP contribution in [0.1, 0.15) is 103 Å². The smallest absolute Gasteiger partial charge is 0.122 e. The second-order valence-electron chi connectivity index (χ2n) is 10.3. The number of thiophene rings is 2. The van der Waals surface area contributed by atoms with E-state index in [4.69, 9.17) is 0 Å². The third-order valence-corrected chi connectivity index (χ3v) is 9.65. The summed E-state index contributed by atoms with van der Waals surface area (Å²) >= 11 is 3.40. The summed E-state index contributed by atoms with van der Waals surface area (Å²) in [6.07, 6.45) is 14.6. The maximum atomic E-state index is 12.1. The average Bonchev–Trinajstić information content (AvgIpc) is 3.57. The standard InChI is InChI=1S/C20H28NOS2.C8H18.2BrH/c1-2-3-9-21-10-6-19(7-11-21,8-12-21)20(22,17-4-13-23-15-17)18-5-14-24-16-18;1-3-5-7-8-6-4-2;;/h4-5,13-16,22H,2-3,6-12H2,1H3;3-8H2,1-2H3;2*1H/q+1;;;/p-1. The molecule has 0 unspecified atom stereocenters. The number of hydrogen-bond donors (Lipinski definition) is 1. The van der Waals surface area contributed by atoms with Gasteiger partial charge in [-0.25, -0.2) is 0 Å².